The fraction of sp³-hybridized carbons (Fsp3) is 0.875. The molecule has 1 heterocycles. The third-order valence-corrected chi connectivity index (χ3v) is 2.03. The van der Waals surface area contributed by atoms with Crippen LogP contribution in [0.4, 0.5) is 0 Å². The van der Waals surface area contributed by atoms with Crippen molar-refractivity contribution in [2.24, 2.45) is 0 Å². The molecule has 0 radical (unpaired) electrons. The molecule has 62 valence electrons. The van der Waals surface area contributed by atoms with Gasteiger partial charge < -0.3 is 4.74 Å². The molecule has 0 aromatic carbocycles. The van der Waals surface area contributed by atoms with Gasteiger partial charge in [0, 0.05) is 12.1 Å². The summed E-state index contributed by atoms with van der Waals surface area (Å²) < 4.78 is 5.31. The van der Waals surface area contributed by atoms with Gasteiger partial charge in [-0.05, 0) is 19.8 Å². The molecule has 1 unspecified atom stereocenters. The van der Waals surface area contributed by atoms with Crippen molar-refractivity contribution in [2.75, 3.05) is 19.8 Å². The molecule has 1 aliphatic heterocycles. The maximum absolute atomic E-state index is 8.36. The Morgan fingerprint density at radius 3 is 3.09 bits per heavy atom. The average molecular weight is 154 g/mol. The fourth-order valence-corrected chi connectivity index (χ4v) is 1.33. The molecule has 1 saturated heterocycles. The Labute approximate surface area is 67.3 Å². The normalized spacial score (nSPS) is 31.3. The topological polar surface area (TPSA) is 45.0 Å². The summed E-state index contributed by atoms with van der Waals surface area (Å²) in [6, 6.07) is 2.07. The number of hydrogen-bond acceptors (Lipinski definition) is 3. The van der Waals surface area contributed by atoms with Gasteiger partial charge in [0.05, 0.1) is 19.2 Å². The van der Waals surface area contributed by atoms with E-state index in [2.05, 4.69) is 18.3 Å². The first-order chi connectivity index (χ1) is 5.27. The van der Waals surface area contributed by atoms with Crippen LogP contribution >= 0.6 is 0 Å². The number of rotatable bonds is 2. The minimum atomic E-state index is 0.0357. The molecule has 1 aliphatic rings. The molecular formula is C8H14N2O. The van der Waals surface area contributed by atoms with Crippen LogP contribution in [0.1, 0.15) is 19.8 Å². The summed E-state index contributed by atoms with van der Waals surface area (Å²) >= 11 is 0. The second kappa shape index (κ2) is 3.70. The van der Waals surface area contributed by atoms with Gasteiger partial charge in [0.2, 0.25) is 0 Å². The van der Waals surface area contributed by atoms with E-state index in [1.807, 2.05) is 0 Å². The SMILES string of the molecule is CC1(NCC#N)CCCOC1. The lowest BCUT2D eigenvalue weighted by Crippen LogP contribution is -2.48. The van der Waals surface area contributed by atoms with E-state index >= 15 is 0 Å². The minimum Gasteiger partial charge on any atom is -0.380 e. The van der Waals surface area contributed by atoms with E-state index in [1.165, 1.54) is 0 Å². The summed E-state index contributed by atoms with van der Waals surface area (Å²) in [6.07, 6.45) is 2.20. The van der Waals surface area contributed by atoms with Crippen LogP contribution in [-0.2, 0) is 4.74 Å². The lowest BCUT2D eigenvalue weighted by atomic mass is 9.95. The lowest BCUT2D eigenvalue weighted by Gasteiger charge is -2.33. The molecule has 1 atom stereocenters. The monoisotopic (exact) mass is 154 g/mol. The Morgan fingerprint density at radius 2 is 2.55 bits per heavy atom. The van der Waals surface area contributed by atoms with Crippen molar-refractivity contribution in [2.45, 2.75) is 25.3 Å². The van der Waals surface area contributed by atoms with E-state index in [-0.39, 0.29) is 5.54 Å². The third kappa shape index (κ3) is 2.49. The molecule has 0 amide bonds. The number of hydrogen-bond donors (Lipinski definition) is 1. The van der Waals surface area contributed by atoms with Gasteiger partial charge in [-0.2, -0.15) is 5.26 Å². The van der Waals surface area contributed by atoms with Crippen LogP contribution in [0, 0.1) is 11.3 Å². The maximum Gasteiger partial charge on any atom is 0.0845 e. The summed E-state index contributed by atoms with van der Waals surface area (Å²) in [6.45, 7) is 4.11. The van der Waals surface area contributed by atoms with Crippen molar-refractivity contribution < 1.29 is 4.74 Å². The summed E-state index contributed by atoms with van der Waals surface area (Å²) in [4.78, 5) is 0. The molecule has 0 spiro atoms. The van der Waals surface area contributed by atoms with Crippen LogP contribution in [0.2, 0.25) is 0 Å². The average Bonchev–Trinajstić information content (AvgIpc) is 2.03. The molecule has 0 bridgehead atoms. The zero-order valence-corrected chi connectivity index (χ0v) is 6.89. The second-order valence-corrected chi connectivity index (χ2v) is 3.23. The molecule has 0 aromatic heterocycles. The van der Waals surface area contributed by atoms with Crippen molar-refractivity contribution in [1.82, 2.24) is 5.32 Å². The highest BCUT2D eigenvalue weighted by molar-refractivity contribution is 4.89. The summed E-state index contributed by atoms with van der Waals surface area (Å²) in [7, 11) is 0. The van der Waals surface area contributed by atoms with E-state index < -0.39 is 0 Å². The Balaban J connectivity index is 2.32. The van der Waals surface area contributed by atoms with Gasteiger partial charge in [0.25, 0.3) is 0 Å². The van der Waals surface area contributed by atoms with E-state index in [0.717, 1.165) is 26.1 Å². The molecule has 1 N–H and O–H groups in total. The van der Waals surface area contributed by atoms with Crippen molar-refractivity contribution >= 4 is 0 Å². The molecule has 0 aliphatic carbocycles. The van der Waals surface area contributed by atoms with Crippen LogP contribution in [0.25, 0.3) is 0 Å². The second-order valence-electron chi connectivity index (χ2n) is 3.23. The van der Waals surface area contributed by atoms with E-state index in [4.69, 9.17) is 10.00 Å². The Kier molecular flexibility index (Phi) is 2.86. The highest BCUT2D eigenvalue weighted by Gasteiger charge is 2.26. The molecule has 1 rings (SSSR count). The Morgan fingerprint density at radius 1 is 1.73 bits per heavy atom. The van der Waals surface area contributed by atoms with Gasteiger partial charge in [-0.3, -0.25) is 5.32 Å². The number of nitriles is 1. The molecule has 0 saturated carbocycles. The van der Waals surface area contributed by atoms with Crippen LogP contribution in [0.3, 0.4) is 0 Å². The summed E-state index contributed by atoms with van der Waals surface area (Å²) in [5, 5.41) is 11.5. The van der Waals surface area contributed by atoms with Gasteiger partial charge in [0.1, 0.15) is 0 Å². The highest BCUT2D eigenvalue weighted by Crippen LogP contribution is 2.17. The number of nitrogens with zero attached hydrogens (tertiary/aromatic N) is 1. The molecule has 3 heteroatoms. The van der Waals surface area contributed by atoms with E-state index in [9.17, 15) is 0 Å². The van der Waals surface area contributed by atoms with Gasteiger partial charge >= 0.3 is 0 Å². The van der Waals surface area contributed by atoms with Gasteiger partial charge in [-0.15, -0.1) is 0 Å². The molecule has 1 fully saturated rings. The van der Waals surface area contributed by atoms with Crippen LogP contribution in [0.5, 0.6) is 0 Å². The van der Waals surface area contributed by atoms with Crippen molar-refractivity contribution in [1.29, 1.82) is 5.26 Å². The van der Waals surface area contributed by atoms with Crippen LogP contribution < -0.4 is 5.32 Å². The van der Waals surface area contributed by atoms with Crippen LogP contribution in [-0.4, -0.2) is 25.3 Å². The van der Waals surface area contributed by atoms with Crippen molar-refractivity contribution in [3.63, 3.8) is 0 Å². The lowest BCUT2D eigenvalue weighted by molar-refractivity contribution is 0.0304. The van der Waals surface area contributed by atoms with Gasteiger partial charge in [-0.25, -0.2) is 0 Å². The predicted molar refractivity (Wildman–Crippen MR) is 42.1 cm³/mol. The standard InChI is InChI=1S/C8H14N2O/c1-8(10-5-4-9)3-2-6-11-7-8/h10H,2-3,5-7H2,1H3. The van der Waals surface area contributed by atoms with Gasteiger partial charge in [0.15, 0.2) is 0 Å². The summed E-state index contributed by atoms with van der Waals surface area (Å²) in [5.41, 5.74) is 0.0357. The Hall–Kier alpha value is -0.590. The predicted octanol–water partition coefficient (Wildman–Crippen LogP) is 0.669. The Bertz CT molecular complexity index is 156. The van der Waals surface area contributed by atoms with Gasteiger partial charge in [-0.1, -0.05) is 0 Å². The van der Waals surface area contributed by atoms with E-state index in [1.54, 1.807) is 0 Å². The minimum absolute atomic E-state index is 0.0357. The molecule has 11 heavy (non-hydrogen) atoms. The molecular weight excluding hydrogens is 140 g/mol. The largest absolute Gasteiger partial charge is 0.380 e. The smallest absolute Gasteiger partial charge is 0.0845 e. The summed E-state index contributed by atoms with van der Waals surface area (Å²) in [5.74, 6) is 0. The van der Waals surface area contributed by atoms with Crippen LogP contribution in [0.15, 0.2) is 0 Å². The first-order valence-corrected chi connectivity index (χ1v) is 3.97. The quantitative estimate of drug-likeness (QED) is 0.594. The molecule has 3 nitrogen and oxygen atoms in total. The first-order valence-electron chi connectivity index (χ1n) is 3.97. The first kappa shape index (κ1) is 8.51. The zero-order chi connectivity index (χ0) is 8.16. The molecule has 0 aromatic rings. The van der Waals surface area contributed by atoms with E-state index in [0.29, 0.717) is 6.54 Å². The fourth-order valence-electron chi connectivity index (χ4n) is 1.33. The highest BCUT2D eigenvalue weighted by atomic mass is 16.5. The number of nitrogens with one attached hydrogen (secondary N) is 1. The zero-order valence-electron chi connectivity index (χ0n) is 6.89. The third-order valence-electron chi connectivity index (χ3n) is 2.03. The van der Waals surface area contributed by atoms with Crippen molar-refractivity contribution in [3.05, 3.63) is 0 Å². The van der Waals surface area contributed by atoms with Crippen molar-refractivity contribution in [3.8, 4) is 6.07 Å². The maximum atomic E-state index is 8.36. The number of ether oxygens (including phenoxy) is 1.